The van der Waals surface area contributed by atoms with Crippen molar-refractivity contribution in [3.8, 4) is 11.5 Å². The molecule has 34 heavy (non-hydrogen) atoms. The summed E-state index contributed by atoms with van der Waals surface area (Å²) in [5, 5.41) is 8.48. The van der Waals surface area contributed by atoms with Crippen LogP contribution in [0.25, 0.3) is 6.08 Å². The average molecular weight is 480 g/mol. The number of nitrogens with one attached hydrogen (secondary N) is 3. The first kappa shape index (κ1) is 23.2. The molecule has 1 aliphatic rings. The number of halogens is 1. The molecule has 1 saturated heterocycles. The molecule has 0 spiro atoms. The lowest BCUT2D eigenvalue weighted by molar-refractivity contribution is -0.118. The number of ether oxygens (including phenoxy) is 2. The summed E-state index contributed by atoms with van der Waals surface area (Å²) in [5.74, 6) is -0.142. The lowest BCUT2D eigenvalue weighted by atomic mass is 10.2. The van der Waals surface area contributed by atoms with Crippen molar-refractivity contribution in [2.24, 2.45) is 0 Å². The zero-order valence-corrected chi connectivity index (χ0v) is 19.0. The fraction of sp³-hybridized carbons (Fsp3) is 0.120. The van der Waals surface area contributed by atoms with Crippen molar-refractivity contribution >= 4 is 41.0 Å². The van der Waals surface area contributed by atoms with Crippen molar-refractivity contribution in [1.82, 2.24) is 5.32 Å². The third-order valence-corrected chi connectivity index (χ3v) is 5.82. The summed E-state index contributed by atoms with van der Waals surface area (Å²) in [7, 11) is 1.49. The van der Waals surface area contributed by atoms with Crippen LogP contribution in [0.15, 0.2) is 77.7 Å². The van der Waals surface area contributed by atoms with E-state index < -0.39 is 11.3 Å². The Balaban J connectivity index is 1.39. The van der Waals surface area contributed by atoms with Crippen LogP contribution in [-0.2, 0) is 9.59 Å². The predicted molar refractivity (Wildman–Crippen MR) is 131 cm³/mol. The van der Waals surface area contributed by atoms with Crippen LogP contribution in [0.4, 0.5) is 15.8 Å². The van der Waals surface area contributed by atoms with Gasteiger partial charge < -0.3 is 25.4 Å². The second-order valence-corrected chi connectivity index (χ2v) is 8.36. The second-order valence-electron chi connectivity index (χ2n) is 7.22. The summed E-state index contributed by atoms with van der Waals surface area (Å²) in [6.07, 6.45) is 1.71. The SMILES string of the molecule is COc1cc(/C=C2\SC(Nc3ccccc3F)NC2=O)ccc1OCC(=O)Nc1ccccc1. The number of carbonyl (C=O) groups excluding carboxylic acids is 2. The molecule has 7 nitrogen and oxygen atoms in total. The van der Waals surface area contributed by atoms with Crippen LogP contribution in [-0.4, -0.2) is 31.0 Å². The zero-order valence-electron chi connectivity index (χ0n) is 18.2. The highest BCUT2D eigenvalue weighted by Gasteiger charge is 2.27. The van der Waals surface area contributed by atoms with Crippen LogP contribution in [0.2, 0.25) is 0 Å². The first-order chi connectivity index (χ1) is 16.5. The molecule has 1 unspecified atom stereocenters. The molecule has 174 valence electrons. The van der Waals surface area contributed by atoms with E-state index in [0.717, 1.165) is 0 Å². The number of rotatable bonds is 8. The van der Waals surface area contributed by atoms with E-state index in [9.17, 15) is 14.0 Å². The molecule has 0 radical (unpaired) electrons. The molecule has 1 atom stereocenters. The van der Waals surface area contributed by atoms with Gasteiger partial charge in [0.25, 0.3) is 11.8 Å². The van der Waals surface area contributed by atoms with Gasteiger partial charge in [0.1, 0.15) is 5.82 Å². The fourth-order valence-electron chi connectivity index (χ4n) is 3.19. The van der Waals surface area contributed by atoms with Gasteiger partial charge in [-0.2, -0.15) is 0 Å². The number of anilines is 2. The maximum Gasteiger partial charge on any atom is 0.262 e. The summed E-state index contributed by atoms with van der Waals surface area (Å²) < 4.78 is 24.9. The number of hydrogen-bond acceptors (Lipinski definition) is 6. The van der Waals surface area contributed by atoms with Crippen LogP contribution in [0.5, 0.6) is 11.5 Å². The van der Waals surface area contributed by atoms with E-state index >= 15 is 0 Å². The van der Waals surface area contributed by atoms with Crippen LogP contribution < -0.4 is 25.4 Å². The molecule has 0 saturated carbocycles. The molecule has 1 aliphatic heterocycles. The summed E-state index contributed by atoms with van der Waals surface area (Å²) in [6.45, 7) is -0.187. The maximum atomic E-state index is 13.9. The summed E-state index contributed by atoms with van der Waals surface area (Å²) in [4.78, 5) is 25.0. The fourth-order valence-corrected chi connectivity index (χ4v) is 4.17. The molecule has 3 aromatic rings. The highest BCUT2D eigenvalue weighted by Crippen LogP contribution is 2.33. The molecule has 9 heteroatoms. The second kappa shape index (κ2) is 10.8. The Morgan fingerprint density at radius 2 is 1.85 bits per heavy atom. The molecule has 0 aromatic heterocycles. The molecule has 3 N–H and O–H groups in total. The van der Waals surface area contributed by atoms with E-state index in [4.69, 9.17) is 9.47 Å². The Morgan fingerprint density at radius 1 is 1.09 bits per heavy atom. The quantitative estimate of drug-likeness (QED) is 0.414. The van der Waals surface area contributed by atoms with Crippen molar-refractivity contribution in [2.75, 3.05) is 24.4 Å². The molecular formula is C25H22FN3O4S. The molecule has 0 bridgehead atoms. The summed E-state index contributed by atoms with van der Waals surface area (Å²) in [5.41, 5.74) is 1.20. The van der Waals surface area contributed by atoms with Crippen molar-refractivity contribution in [1.29, 1.82) is 0 Å². The predicted octanol–water partition coefficient (Wildman–Crippen LogP) is 4.45. The van der Waals surface area contributed by atoms with Gasteiger partial charge in [-0.05, 0) is 48.0 Å². The monoisotopic (exact) mass is 479 g/mol. The highest BCUT2D eigenvalue weighted by molar-refractivity contribution is 8.05. The number of methoxy groups -OCH3 is 1. The van der Waals surface area contributed by atoms with E-state index in [1.807, 2.05) is 18.2 Å². The maximum absolute atomic E-state index is 13.9. The minimum absolute atomic E-state index is 0.187. The molecule has 1 heterocycles. The van der Waals surface area contributed by atoms with E-state index in [-0.39, 0.29) is 18.4 Å². The lowest BCUT2D eigenvalue weighted by Crippen LogP contribution is -2.31. The van der Waals surface area contributed by atoms with Gasteiger partial charge in [-0.3, -0.25) is 9.59 Å². The first-order valence-corrected chi connectivity index (χ1v) is 11.3. The van der Waals surface area contributed by atoms with E-state index in [0.29, 0.717) is 33.3 Å². The Bertz CT molecular complexity index is 1220. The number of benzene rings is 3. The number of carbonyl (C=O) groups is 2. The van der Waals surface area contributed by atoms with Gasteiger partial charge in [0, 0.05) is 5.69 Å². The van der Waals surface area contributed by atoms with E-state index in [2.05, 4.69) is 16.0 Å². The van der Waals surface area contributed by atoms with Gasteiger partial charge in [-0.25, -0.2) is 4.39 Å². The Hall–Kier alpha value is -3.98. The van der Waals surface area contributed by atoms with Gasteiger partial charge in [-0.15, -0.1) is 0 Å². The van der Waals surface area contributed by atoms with Crippen LogP contribution in [0.1, 0.15) is 5.56 Å². The van der Waals surface area contributed by atoms with Crippen LogP contribution in [0, 0.1) is 5.82 Å². The third-order valence-electron chi connectivity index (χ3n) is 4.79. The van der Waals surface area contributed by atoms with Crippen LogP contribution in [0.3, 0.4) is 0 Å². The number of hydrogen-bond donors (Lipinski definition) is 3. The van der Waals surface area contributed by atoms with Crippen molar-refractivity contribution in [3.63, 3.8) is 0 Å². The molecule has 1 fully saturated rings. The normalized spacial score (nSPS) is 16.1. The van der Waals surface area contributed by atoms with Crippen molar-refractivity contribution in [3.05, 3.63) is 89.1 Å². The van der Waals surface area contributed by atoms with Gasteiger partial charge in [0.2, 0.25) is 0 Å². The average Bonchev–Trinajstić information content (AvgIpc) is 3.18. The molecular weight excluding hydrogens is 457 g/mol. The standard InChI is InChI=1S/C25H22FN3O4S/c1-32-21-13-16(11-12-20(21)33-15-23(30)27-17-7-3-2-4-8-17)14-22-24(31)29-25(34-22)28-19-10-6-5-9-18(19)26/h2-14,25,28H,15H2,1H3,(H,27,30)(H,29,31)/b22-14-. The number of amides is 2. The molecule has 2 amide bonds. The minimum Gasteiger partial charge on any atom is -0.493 e. The molecule has 3 aromatic carbocycles. The lowest BCUT2D eigenvalue weighted by Gasteiger charge is -2.13. The van der Waals surface area contributed by atoms with Gasteiger partial charge in [0.15, 0.2) is 23.6 Å². The molecule has 4 rings (SSSR count). The van der Waals surface area contributed by atoms with Crippen LogP contribution >= 0.6 is 11.8 Å². The van der Waals surface area contributed by atoms with Gasteiger partial charge in [0.05, 0.1) is 17.7 Å². The number of para-hydroxylation sites is 2. The van der Waals surface area contributed by atoms with Gasteiger partial charge >= 0.3 is 0 Å². The third kappa shape index (κ3) is 5.87. The van der Waals surface area contributed by atoms with Crippen molar-refractivity contribution < 1.29 is 23.5 Å². The smallest absolute Gasteiger partial charge is 0.262 e. The Morgan fingerprint density at radius 3 is 2.62 bits per heavy atom. The van der Waals surface area contributed by atoms with Crippen molar-refractivity contribution in [2.45, 2.75) is 5.50 Å². The largest absolute Gasteiger partial charge is 0.493 e. The number of thioether (sulfide) groups is 1. The Kier molecular flexibility index (Phi) is 7.34. The highest BCUT2D eigenvalue weighted by atomic mass is 32.2. The van der Waals surface area contributed by atoms with E-state index in [1.165, 1.54) is 24.9 Å². The topological polar surface area (TPSA) is 88.7 Å². The Labute approximate surface area is 200 Å². The summed E-state index contributed by atoms with van der Waals surface area (Å²) in [6, 6.07) is 20.5. The zero-order chi connectivity index (χ0) is 23.9. The molecule has 0 aliphatic carbocycles. The summed E-state index contributed by atoms with van der Waals surface area (Å²) >= 11 is 1.25. The minimum atomic E-state index is -0.497. The van der Waals surface area contributed by atoms with Gasteiger partial charge in [-0.1, -0.05) is 48.2 Å². The first-order valence-electron chi connectivity index (χ1n) is 10.4. The van der Waals surface area contributed by atoms with E-state index in [1.54, 1.807) is 54.6 Å².